The Morgan fingerprint density at radius 3 is 2.66 bits per heavy atom. The average molecular weight is 394 g/mol. The van der Waals surface area contributed by atoms with Crippen LogP contribution >= 0.6 is 0 Å². The third-order valence-corrected chi connectivity index (χ3v) is 5.03. The summed E-state index contributed by atoms with van der Waals surface area (Å²) in [6.07, 6.45) is 4.75. The SMILES string of the molecule is Cn1c(=O)c2c(ncn2CC(O)NC2CC=C(c3ccccc3)C=N2)n(C)c1=O. The summed E-state index contributed by atoms with van der Waals surface area (Å²) in [5.41, 5.74) is 1.82. The van der Waals surface area contributed by atoms with E-state index in [1.165, 1.54) is 17.9 Å². The van der Waals surface area contributed by atoms with Gasteiger partial charge in [-0.05, 0) is 11.1 Å². The van der Waals surface area contributed by atoms with Crippen molar-refractivity contribution in [3.63, 3.8) is 0 Å². The van der Waals surface area contributed by atoms with Crippen LogP contribution in [0.25, 0.3) is 16.7 Å². The molecule has 0 amide bonds. The lowest BCUT2D eigenvalue weighted by atomic mass is 10.0. The second-order valence-corrected chi connectivity index (χ2v) is 7.01. The molecule has 4 rings (SSSR count). The number of aliphatic hydroxyl groups excluding tert-OH is 1. The molecule has 9 heteroatoms. The minimum atomic E-state index is -0.942. The molecule has 1 aromatic carbocycles. The topological polar surface area (TPSA) is 106 Å². The highest BCUT2D eigenvalue weighted by Crippen LogP contribution is 2.17. The minimum absolute atomic E-state index is 0.102. The van der Waals surface area contributed by atoms with E-state index in [9.17, 15) is 14.7 Å². The fourth-order valence-electron chi connectivity index (χ4n) is 3.45. The summed E-state index contributed by atoms with van der Waals surface area (Å²) in [7, 11) is 2.98. The Kier molecular flexibility index (Phi) is 4.99. The molecular weight excluding hydrogens is 372 g/mol. The number of imidazole rings is 1. The number of hydrogen-bond acceptors (Lipinski definition) is 6. The van der Waals surface area contributed by atoms with Gasteiger partial charge < -0.3 is 9.67 Å². The van der Waals surface area contributed by atoms with Crippen molar-refractivity contribution in [2.45, 2.75) is 25.4 Å². The summed E-state index contributed by atoms with van der Waals surface area (Å²) < 4.78 is 3.89. The maximum Gasteiger partial charge on any atom is 0.332 e. The second kappa shape index (κ2) is 7.61. The summed E-state index contributed by atoms with van der Waals surface area (Å²) in [6, 6.07) is 9.98. The lowest BCUT2D eigenvalue weighted by Crippen LogP contribution is -2.41. The van der Waals surface area contributed by atoms with Gasteiger partial charge in [-0.3, -0.25) is 24.2 Å². The monoisotopic (exact) mass is 394 g/mol. The van der Waals surface area contributed by atoms with Gasteiger partial charge in [-0.25, -0.2) is 9.78 Å². The Morgan fingerprint density at radius 2 is 1.97 bits per heavy atom. The highest BCUT2D eigenvalue weighted by molar-refractivity contribution is 6.10. The lowest BCUT2D eigenvalue weighted by molar-refractivity contribution is 0.106. The number of hydrogen-bond donors (Lipinski definition) is 2. The van der Waals surface area contributed by atoms with E-state index in [2.05, 4.69) is 21.4 Å². The number of aromatic nitrogens is 4. The number of aliphatic hydroxyl groups is 1. The number of aryl methyl sites for hydroxylation is 1. The van der Waals surface area contributed by atoms with Crippen LogP contribution in [-0.4, -0.2) is 42.4 Å². The smallest absolute Gasteiger partial charge is 0.332 e. The van der Waals surface area contributed by atoms with Crippen molar-refractivity contribution in [2.75, 3.05) is 0 Å². The molecule has 2 N–H and O–H groups in total. The predicted octanol–water partition coefficient (Wildman–Crippen LogP) is 0.226. The standard InChI is InChI=1S/C20H22N6O3/c1-24-18-17(19(28)25(2)20(24)29)26(12-22-18)11-16(27)23-15-9-8-14(10-21-15)13-6-4-3-5-7-13/h3-8,10,12,15-16,23,27H,9,11H2,1-2H3. The van der Waals surface area contributed by atoms with E-state index in [1.807, 2.05) is 30.3 Å². The molecule has 0 aliphatic carbocycles. The van der Waals surface area contributed by atoms with Crippen molar-refractivity contribution in [2.24, 2.45) is 19.1 Å². The van der Waals surface area contributed by atoms with E-state index in [0.717, 1.165) is 15.7 Å². The van der Waals surface area contributed by atoms with Crippen molar-refractivity contribution in [3.05, 3.63) is 69.1 Å². The van der Waals surface area contributed by atoms with Crippen LogP contribution in [0, 0.1) is 0 Å². The molecule has 1 aliphatic heterocycles. The molecule has 0 saturated carbocycles. The Morgan fingerprint density at radius 1 is 1.21 bits per heavy atom. The molecule has 0 spiro atoms. The first-order valence-electron chi connectivity index (χ1n) is 9.29. The third kappa shape index (κ3) is 3.57. The van der Waals surface area contributed by atoms with Gasteiger partial charge in [-0.1, -0.05) is 36.4 Å². The molecule has 0 radical (unpaired) electrons. The number of dihydropyridines is 1. The molecular formula is C20H22N6O3. The molecule has 2 atom stereocenters. The summed E-state index contributed by atoms with van der Waals surface area (Å²) in [4.78, 5) is 33.1. The normalized spacial score (nSPS) is 17.5. The first kappa shape index (κ1) is 19.0. The highest BCUT2D eigenvalue weighted by Gasteiger charge is 2.18. The number of nitrogens with one attached hydrogen (secondary N) is 1. The van der Waals surface area contributed by atoms with Crippen molar-refractivity contribution in [1.29, 1.82) is 0 Å². The first-order chi connectivity index (χ1) is 14.0. The molecule has 29 heavy (non-hydrogen) atoms. The van der Waals surface area contributed by atoms with Gasteiger partial charge in [0.2, 0.25) is 0 Å². The zero-order valence-corrected chi connectivity index (χ0v) is 16.2. The quantitative estimate of drug-likeness (QED) is 0.603. The Bertz CT molecular complexity index is 1220. The van der Waals surface area contributed by atoms with Gasteiger partial charge in [0.25, 0.3) is 5.56 Å². The average Bonchev–Trinajstić information content (AvgIpc) is 3.15. The molecule has 1 aliphatic rings. The minimum Gasteiger partial charge on any atom is -0.377 e. The van der Waals surface area contributed by atoms with Crippen molar-refractivity contribution in [1.82, 2.24) is 24.0 Å². The number of nitrogens with zero attached hydrogens (tertiary/aromatic N) is 5. The van der Waals surface area contributed by atoms with Gasteiger partial charge >= 0.3 is 5.69 Å². The lowest BCUT2D eigenvalue weighted by Gasteiger charge is -2.21. The number of fused-ring (bicyclic) bond motifs is 1. The molecule has 0 saturated heterocycles. The van der Waals surface area contributed by atoms with Crippen molar-refractivity contribution in [3.8, 4) is 0 Å². The van der Waals surface area contributed by atoms with Gasteiger partial charge in [-0.2, -0.15) is 0 Å². The Balaban J connectivity index is 1.47. The fraction of sp³-hybridized carbons (Fsp3) is 0.300. The summed E-state index contributed by atoms with van der Waals surface area (Å²) in [6.45, 7) is 0.102. The molecule has 150 valence electrons. The van der Waals surface area contributed by atoms with E-state index in [4.69, 9.17) is 0 Å². The van der Waals surface area contributed by atoms with E-state index in [-0.39, 0.29) is 23.9 Å². The van der Waals surface area contributed by atoms with Crippen molar-refractivity contribution >= 4 is 23.0 Å². The van der Waals surface area contributed by atoms with Gasteiger partial charge in [0.15, 0.2) is 11.2 Å². The fourth-order valence-corrected chi connectivity index (χ4v) is 3.45. The van der Waals surface area contributed by atoms with E-state index in [1.54, 1.807) is 17.8 Å². The maximum absolute atomic E-state index is 12.5. The molecule has 2 aromatic heterocycles. The van der Waals surface area contributed by atoms with E-state index < -0.39 is 17.5 Å². The van der Waals surface area contributed by atoms with Crippen molar-refractivity contribution < 1.29 is 5.11 Å². The Labute approximate surface area is 166 Å². The van der Waals surface area contributed by atoms with Crippen LogP contribution in [0.1, 0.15) is 12.0 Å². The molecule has 3 aromatic rings. The third-order valence-electron chi connectivity index (χ3n) is 5.03. The number of rotatable bonds is 5. The van der Waals surface area contributed by atoms with Crippen LogP contribution in [0.2, 0.25) is 0 Å². The van der Waals surface area contributed by atoms with Gasteiger partial charge in [0, 0.05) is 26.7 Å². The highest BCUT2D eigenvalue weighted by atomic mass is 16.3. The van der Waals surface area contributed by atoms with Crippen LogP contribution in [0.5, 0.6) is 0 Å². The van der Waals surface area contributed by atoms with Gasteiger partial charge in [0.1, 0.15) is 12.4 Å². The van der Waals surface area contributed by atoms with Crippen LogP contribution < -0.4 is 16.6 Å². The van der Waals surface area contributed by atoms with Crippen LogP contribution in [-0.2, 0) is 20.6 Å². The second-order valence-electron chi connectivity index (χ2n) is 7.01. The summed E-state index contributed by atoms with van der Waals surface area (Å²) >= 11 is 0. The maximum atomic E-state index is 12.5. The number of allylic oxidation sites excluding steroid dienone is 1. The van der Waals surface area contributed by atoms with Gasteiger partial charge in [-0.15, -0.1) is 0 Å². The Hall–Kier alpha value is -3.30. The number of aliphatic imine (C=N–C) groups is 1. The summed E-state index contributed by atoms with van der Waals surface area (Å²) in [5.74, 6) is 0. The molecule has 2 unspecified atom stereocenters. The van der Waals surface area contributed by atoms with E-state index in [0.29, 0.717) is 6.42 Å². The molecule has 3 heterocycles. The van der Waals surface area contributed by atoms with Crippen LogP contribution in [0.3, 0.4) is 0 Å². The van der Waals surface area contributed by atoms with Crippen LogP contribution in [0.15, 0.2) is 57.3 Å². The van der Waals surface area contributed by atoms with Crippen LogP contribution in [0.4, 0.5) is 0 Å². The van der Waals surface area contributed by atoms with Gasteiger partial charge in [0.05, 0.1) is 12.9 Å². The first-order valence-corrected chi connectivity index (χ1v) is 9.29. The van der Waals surface area contributed by atoms with E-state index >= 15 is 0 Å². The summed E-state index contributed by atoms with van der Waals surface area (Å²) in [5, 5.41) is 13.5. The zero-order valence-electron chi connectivity index (χ0n) is 16.2. The zero-order chi connectivity index (χ0) is 20.5. The largest absolute Gasteiger partial charge is 0.377 e. The predicted molar refractivity (Wildman–Crippen MR) is 111 cm³/mol. The molecule has 0 bridgehead atoms. The number of benzene rings is 1. The molecule has 9 nitrogen and oxygen atoms in total. The molecule has 0 fully saturated rings.